The summed E-state index contributed by atoms with van der Waals surface area (Å²) in [6.45, 7) is -0.360. The number of carbonyl (C=O) groups is 1. The molecule has 0 atom stereocenters. The van der Waals surface area contributed by atoms with Crippen molar-refractivity contribution in [2.24, 2.45) is 0 Å². The van der Waals surface area contributed by atoms with E-state index in [-0.39, 0.29) is 12.2 Å². The average molecular weight is 317 g/mol. The molecule has 2 rings (SSSR count). The molecule has 3 N–H and O–H groups in total. The van der Waals surface area contributed by atoms with E-state index in [0.29, 0.717) is 18.9 Å². The van der Waals surface area contributed by atoms with Gasteiger partial charge in [0.25, 0.3) is 0 Å². The van der Waals surface area contributed by atoms with E-state index in [1.165, 1.54) is 0 Å². The Morgan fingerprint density at radius 1 is 1.33 bits per heavy atom. The van der Waals surface area contributed by atoms with Crippen LogP contribution in [0.5, 0.6) is 0 Å². The number of hydrogen-bond acceptors (Lipinski definition) is 4. The summed E-state index contributed by atoms with van der Waals surface area (Å²) in [6.07, 6.45) is 2.53. The lowest BCUT2D eigenvalue weighted by atomic mass is 10.0. The molecule has 0 unspecified atom stereocenters. The second kappa shape index (κ2) is 5.70. The summed E-state index contributed by atoms with van der Waals surface area (Å²) in [7, 11) is -4.17. The van der Waals surface area contributed by atoms with Crippen molar-refractivity contribution in [1.82, 2.24) is 4.72 Å². The molecule has 0 amide bonds. The van der Waals surface area contributed by atoms with Crippen LogP contribution in [0.4, 0.5) is 4.39 Å². The zero-order valence-electron chi connectivity index (χ0n) is 11.2. The fourth-order valence-corrected chi connectivity index (χ4v) is 4.05. The van der Waals surface area contributed by atoms with Gasteiger partial charge in [0.1, 0.15) is 10.7 Å². The number of carboxylic acid groups (broad SMARTS) is 1. The van der Waals surface area contributed by atoms with E-state index >= 15 is 0 Å². The Morgan fingerprint density at radius 2 is 1.95 bits per heavy atom. The van der Waals surface area contributed by atoms with Crippen molar-refractivity contribution < 1.29 is 27.8 Å². The van der Waals surface area contributed by atoms with E-state index in [2.05, 4.69) is 4.72 Å². The van der Waals surface area contributed by atoms with Crippen molar-refractivity contribution in [3.63, 3.8) is 0 Å². The minimum atomic E-state index is -4.17. The van der Waals surface area contributed by atoms with Gasteiger partial charge in [-0.15, -0.1) is 0 Å². The third kappa shape index (κ3) is 3.22. The summed E-state index contributed by atoms with van der Waals surface area (Å²) >= 11 is 0. The van der Waals surface area contributed by atoms with Crippen LogP contribution in [-0.4, -0.2) is 36.7 Å². The number of aromatic carboxylic acids is 1. The van der Waals surface area contributed by atoms with E-state index in [0.717, 1.165) is 25.0 Å². The molecule has 1 aromatic rings. The molecular formula is C13H16FNO5S. The van der Waals surface area contributed by atoms with Gasteiger partial charge in [0.2, 0.25) is 10.0 Å². The lowest BCUT2D eigenvalue weighted by Gasteiger charge is -2.27. The Balaban J connectivity index is 2.33. The number of rotatable bonds is 5. The first kappa shape index (κ1) is 15.9. The normalized spacial score (nSPS) is 17.8. The molecule has 0 radical (unpaired) electrons. The number of halogens is 1. The summed E-state index contributed by atoms with van der Waals surface area (Å²) in [5.74, 6) is -2.47. The maximum atomic E-state index is 13.9. The van der Waals surface area contributed by atoms with Gasteiger partial charge < -0.3 is 10.2 Å². The summed E-state index contributed by atoms with van der Waals surface area (Å²) < 4.78 is 40.7. The summed E-state index contributed by atoms with van der Waals surface area (Å²) in [4.78, 5) is 10.1. The Labute approximate surface area is 121 Å². The van der Waals surface area contributed by atoms with E-state index in [4.69, 9.17) is 5.11 Å². The Kier molecular flexibility index (Phi) is 4.31. The van der Waals surface area contributed by atoms with Crippen molar-refractivity contribution in [3.8, 4) is 0 Å². The molecule has 0 heterocycles. The van der Waals surface area contributed by atoms with Crippen LogP contribution in [0, 0.1) is 5.82 Å². The van der Waals surface area contributed by atoms with Crippen molar-refractivity contribution in [3.05, 3.63) is 29.6 Å². The maximum absolute atomic E-state index is 13.9. The molecule has 1 aliphatic rings. The summed E-state index contributed by atoms with van der Waals surface area (Å²) in [5.41, 5.74) is -1.29. The van der Waals surface area contributed by atoms with Gasteiger partial charge in [-0.25, -0.2) is 22.3 Å². The van der Waals surface area contributed by atoms with Crippen LogP contribution < -0.4 is 4.72 Å². The Morgan fingerprint density at radius 3 is 2.43 bits per heavy atom. The maximum Gasteiger partial charge on any atom is 0.335 e. The molecule has 0 bridgehead atoms. The van der Waals surface area contributed by atoms with Crippen molar-refractivity contribution >= 4 is 16.0 Å². The van der Waals surface area contributed by atoms with Crippen LogP contribution in [0.1, 0.15) is 36.0 Å². The summed E-state index contributed by atoms with van der Waals surface area (Å²) in [6, 6.07) is 2.61. The third-order valence-corrected chi connectivity index (χ3v) is 5.29. The van der Waals surface area contributed by atoms with E-state index in [1.54, 1.807) is 0 Å². The number of hydrogen-bond donors (Lipinski definition) is 3. The molecule has 8 heteroatoms. The van der Waals surface area contributed by atoms with Gasteiger partial charge in [-0.2, -0.15) is 0 Å². The van der Waals surface area contributed by atoms with Crippen LogP contribution in [0.25, 0.3) is 0 Å². The zero-order valence-corrected chi connectivity index (χ0v) is 12.0. The standard InChI is InChI=1S/C13H16FNO5S/c14-10-7-9(12(17)18)3-4-11(10)21(19,20)15-13(8-16)5-1-2-6-13/h3-4,7,15-16H,1-2,5-6,8H2,(H,17,18). The van der Waals surface area contributed by atoms with Crippen LogP contribution in [0.2, 0.25) is 0 Å². The molecule has 1 saturated carbocycles. The highest BCUT2D eigenvalue weighted by Crippen LogP contribution is 2.31. The third-order valence-electron chi connectivity index (χ3n) is 3.68. The van der Waals surface area contributed by atoms with Crippen molar-refractivity contribution in [2.45, 2.75) is 36.1 Å². The second-order valence-corrected chi connectivity index (χ2v) is 6.85. The SMILES string of the molecule is O=C(O)c1ccc(S(=O)(=O)NC2(CO)CCCC2)c(F)c1. The highest BCUT2D eigenvalue weighted by Gasteiger charge is 2.38. The first-order chi connectivity index (χ1) is 9.80. The van der Waals surface area contributed by atoms with Crippen LogP contribution in [0.15, 0.2) is 23.1 Å². The highest BCUT2D eigenvalue weighted by atomic mass is 32.2. The molecule has 1 aliphatic carbocycles. The molecule has 0 spiro atoms. The predicted octanol–water partition coefficient (Wildman–Crippen LogP) is 1.11. The Bertz CT molecular complexity index is 653. The van der Waals surface area contributed by atoms with Crippen LogP contribution in [-0.2, 0) is 10.0 Å². The number of benzene rings is 1. The fraction of sp³-hybridized carbons (Fsp3) is 0.462. The molecule has 0 aliphatic heterocycles. The number of sulfonamides is 1. The van der Waals surface area contributed by atoms with Gasteiger partial charge in [0.15, 0.2) is 0 Å². The smallest absolute Gasteiger partial charge is 0.335 e. The molecule has 116 valence electrons. The Hall–Kier alpha value is -1.51. The van der Waals surface area contributed by atoms with Gasteiger partial charge in [0.05, 0.1) is 17.7 Å². The van der Waals surface area contributed by atoms with E-state index in [9.17, 15) is 22.7 Å². The first-order valence-electron chi connectivity index (χ1n) is 6.47. The molecule has 0 aromatic heterocycles. The lowest BCUT2D eigenvalue weighted by molar-refractivity contribution is 0.0696. The fourth-order valence-electron chi connectivity index (χ4n) is 2.54. The van der Waals surface area contributed by atoms with Gasteiger partial charge in [-0.1, -0.05) is 12.8 Å². The van der Waals surface area contributed by atoms with Gasteiger partial charge in [0, 0.05) is 0 Å². The number of aliphatic hydroxyl groups is 1. The minimum absolute atomic E-state index is 0.329. The van der Waals surface area contributed by atoms with Gasteiger partial charge in [-0.3, -0.25) is 0 Å². The first-order valence-corrected chi connectivity index (χ1v) is 7.96. The monoisotopic (exact) mass is 317 g/mol. The van der Waals surface area contributed by atoms with Gasteiger partial charge >= 0.3 is 5.97 Å². The predicted molar refractivity (Wildman–Crippen MR) is 72.0 cm³/mol. The topological polar surface area (TPSA) is 104 Å². The highest BCUT2D eigenvalue weighted by molar-refractivity contribution is 7.89. The molecule has 1 aromatic carbocycles. The number of nitrogens with one attached hydrogen (secondary N) is 1. The number of carboxylic acids is 1. The second-order valence-electron chi connectivity index (χ2n) is 5.20. The summed E-state index contributed by atoms with van der Waals surface area (Å²) in [5, 5.41) is 18.2. The van der Waals surface area contributed by atoms with Crippen molar-refractivity contribution in [2.75, 3.05) is 6.61 Å². The average Bonchev–Trinajstić information content (AvgIpc) is 2.86. The quantitative estimate of drug-likeness (QED) is 0.754. The van der Waals surface area contributed by atoms with Crippen LogP contribution >= 0.6 is 0 Å². The molecular weight excluding hydrogens is 301 g/mol. The van der Waals surface area contributed by atoms with E-state index in [1.807, 2.05) is 0 Å². The lowest BCUT2D eigenvalue weighted by Crippen LogP contribution is -2.49. The zero-order chi connectivity index (χ0) is 15.7. The molecule has 0 saturated heterocycles. The molecule has 6 nitrogen and oxygen atoms in total. The minimum Gasteiger partial charge on any atom is -0.478 e. The van der Waals surface area contributed by atoms with Crippen LogP contribution in [0.3, 0.4) is 0 Å². The number of aliphatic hydroxyl groups excluding tert-OH is 1. The molecule has 1 fully saturated rings. The van der Waals surface area contributed by atoms with E-state index < -0.39 is 32.2 Å². The van der Waals surface area contributed by atoms with Gasteiger partial charge in [-0.05, 0) is 31.0 Å². The largest absolute Gasteiger partial charge is 0.478 e. The molecule has 21 heavy (non-hydrogen) atoms. The van der Waals surface area contributed by atoms with Crippen molar-refractivity contribution in [1.29, 1.82) is 0 Å².